The third-order valence-electron chi connectivity index (χ3n) is 3.82. The molecule has 0 bridgehead atoms. The van der Waals surface area contributed by atoms with Crippen LogP contribution in [0, 0.1) is 6.92 Å². The first-order valence-electron chi connectivity index (χ1n) is 8.05. The second-order valence-corrected chi connectivity index (χ2v) is 7.39. The van der Waals surface area contributed by atoms with Crippen LogP contribution in [0.2, 0.25) is 0 Å². The Morgan fingerprint density at radius 3 is 2.72 bits per heavy atom. The maximum absolute atomic E-state index is 12.9. The number of pyridine rings is 1. The molecule has 130 valence electrons. The summed E-state index contributed by atoms with van der Waals surface area (Å²) < 4.78 is 34.0. The van der Waals surface area contributed by atoms with E-state index in [0.717, 1.165) is 16.5 Å². The second kappa shape index (κ2) is 7.21. The van der Waals surface area contributed by atoms with Crippen molar-refractivity contribution in [2.24, 2.45) is 0 Å². The van der Waals surface area contributed by atoms with Crippen LogP contribution in [0.3, 0.4) is 0 Å². The van der Waals surface area contributed by atoms with E-state index in [9.17, 15) is 8.42 Å². The van der Waals surface area contributed by atoms with Gasteiger partial charge in [-0.3, -0.25) is 9.71 Å². The van der Waals surface area contributed by atoms with Crippen LogP contribution in [0.25, 0.3) is 10.9 Å². The zero-order valence-corrected chi connectivity index (χ0v) is 15.0. The normalized spacial score (nSPS) is 11.6. The molecule has 1 heterocycles. The van der Waals surface area contributed by atoms with Gasteiger partial charge in [0.2, 0.25) is 0 Å². The molecule has 1 aromatic heterocycles. The van der Waals surface area contributed by atoms with Crippen LogP contribution in [0.15, 0.2) is 59.6 Å². The molecule has 0 aliphatic rings. The SMILES string of the molecule is CCOCc1ccccc1NS(=O)(=O)c1cccc2cc(C)cnc12. The van der Waals surface area contributed by atoms with Crippen molar-refractivity contribution in [1.29, 1.82) is 0 Å². The Morgan fingerprint density at radius 2 is 1.92 bits per heavy atom. The number of hydrogen-bond acceptors (Lipinski definition) is 4. The van der Waals surface area contributed by atoms with Gasteiger partial charge >= 0.3 is 0 Å². The third-order valence-corrected chi connectivity index (χ3v) is 5.22. The lowest BCUT2D eigenvalue weighted by molar-refractivity contribution is 0.134. The van der Waals surface area contributed by atoms with Crippen LogP contribution in [-0.2, 0) is 21.4 Å². The van der Waals surface area contributed by atoms with Gasteiger partial charge in [0.25, 0.3) is 10.0 Å². The summed E-state index contributed by atoms with van der Waals surface area (Å²) in [5.74, 6) is 0. The number of aromatic nitrogens is 1. The van der Waals surface area contributed by atoms with E-state index in [0.29, 0.717) is 24.4 Å². The Morgan fingerprint density at radius 1 is 1.12 bits per heavy atom. The van der Waals surface area contributed by atoms with Gasteiger partial charge < -0.3 is 4.74 Å². The molecule has 0 saturated carbocycles. The van der Waals surface area contributed by atoms with Gasteiger partial charge in [-0.25, -0.2) is 8.42 Å². The molecule has 3 aromatic rings. The minimum Gasteiger partial charge on any atom is -0.377 e. The molecular weight excluding hydrogens is 336 g/mol. The summed E-state index contributed by atoms with van der Waals surface area (Å²) in [6, 6.07) is 14.3. The molecule has 0 saturated heterocycles. The summed E-state index contributed by atoms with van der Waals surface area (Å²) in [6.07, 6.45) is 1.67. The molecule has 25 heavy (non-hydrogen) atoms. The van der Waals surface area contributed by atoms with Gasteiger partial charge in [0.05, 0.1) is 17.8 Å². The van der Waals surface area contributed by atoms with E-state index in [4.69, 9.17) is 4.74 Å². The molecule has 0 spiro atoms. The lowest BCUT2D eigenvalue weighted by atomic mass is 10.2. The van der Waals surface area contributed by atoms with Crippen LogP contribution in [-0.4, -0.2) is 20.0 Å². The molecule has 0 radical (unpaired) electrons. The van der Waals surface area contributed by atoms with Crippen molar-refractivity contribution in [2.45, 2.75) is 25.3 Å². The van der Waals surface area contributed by atoms with Gasteiger partial charge in [-0.2, -0.15) is 0 Å². The molecule has 0 atom stereocenters. The summed E-state index contributed by atoms with van der Waals surface area (Å²) in [5.41, 5.74) is 2.75. The van der Waals surface area contributed by atoms with E-state index in [1.807, 2.05) is 38.1 Å². The average molecular weight is 356 g/mol. The number of ether oxygens (including phenoxy) is 1. The summed E-state index contributed by atoms with van der Waals surface area (Å²) in [5, 5.41) is 0.797. The van der Waals surface area contributed by atoms with Gasteiger partial charge in [0, 0.05) is 23.8 Å². The first kappa shape index (κ1) is 17.4. The molecule has 6 heteroatoms. The van der Waals surface area contributed by atoms with Crippen LogP contribution >= 0.6 is 0 Å². The number of sulfonamides is 1. The zero-order chi connectivity index (χ0) is 17.9. The molecule has 0 aliphatic heterocycles. The maximum atomic E-state index is 12.9. The van der Waals surface area contributed by atoms with E-state index < -0.39 is 10.0 Å². The molecule has 2 aromatic carbocycles. The molecule has 0 fully saturated rings. The van der Waals surface area contributed by atoms with E-state index in [1.54, 1.807) is 30.5 Å². The van der Waals surface area contributed by atoms with Crippen molar-refractivity contribution in [3.63, 3.8) is 0 Å². The van der Waals surface area contributed by atoms with Gasteiger partial charge in [-0.15, -0.1) is 0 Å². The Hall–Kier alpha value is -2.44. The van der Waals surface area contributed by atoms with E-state index in [-0.39, 0.29) is 4.90 Å². The van der Waals surface area contributed by atoms with Crippen molar-refractivity contribution in [2.75, 3.05) is 11.3 Å². The van der Waals surface area contributed by atoms with Crippen molar-refractivity contribution in [3.05, 3.63) is 65.9 Å². The van der Waals surface area contributed by atoms with Crippen LogP contribution in [0.1, 0.15) is 18.1 Å². The largest absolute Gasteiger partial charge is 0.377 e. The molecule has 0 unspecified atom stereocenters. The average Bonchev–Trinajstić information content (AvgIpc) is 2.60. The predicted molar refractivity (Wildman–Crippen MR) is 99.1 cm³/mol. The standard InChI is InChI=1S/C19H20N2O3S/c1-3-24-13-16-7-4-5-9-17(16)21-25(22,23)18-10-6-8-15-11-14(2)12-20-19(15)18/h4-12,21H,3,13H2,1-2H3. The van der Waals surface area contributed by atoms with E-state index in [1.165, 1.54) is 0 Å². The van der Waals surface area contributed by atoms with Crippen molar-refractivity contribution in [3.8, 4) is 0 Å². The van der Waals surface area contributed by atoms with Crippen molar-refractivity contribution >= 4 is 26.6 Å². The highest BCUT2D eigenvalue weighted by molar-refractivity contribution is 7.93. The molecule has 0 amide bonds. The lowest BCUT2D eigenvalue weighted by Gasteiger charge is -2.13. The fraction of sp³-hybridized carbons (Fsp3) is 0.211. The Bertz CT molecular complexity index is 1000. The molecular formula is C19H20N2O3S. The van der Waals surface area contributed by atoms with Crippen molar-refractivity contribution < 1.29 is 13.2 Å². The Kier molecular flexibility index (Phi) is 5.01. The monoisotopic (exact) mass is 356 g/mol. The van der Waals surface area contributed by atoms with E-state index >= 15 is 0 Å². The number of benzene rings is 2. The Balaban J connectivity index is 2.01. The van der Waals surface area contributed by atoms with Crippen LogP contribution in [0.4, 0.5) is 5.69 Å². The Labute approximate surface area is 147 Å². The number of nitrogens with zero attached hydrogens (tertiary/aromatic N) is 1. The quantitative estimate of drug-likeness (QED) is 0.728. The van der Waals surface area contributed by atoms with Gasteiger partial charge in [-0.1, -0.05) is 30.3 Å². The van der Waals surface area contributed by atoms with Gasteiger partial charge in [0.15, 0.2) is 0 Å². The highest BCUT2D eigenvalue weighted by atomic mass is 32.2. The lowest BCUT2D eigenvalue weighted by Crippen LogP contribution is -2.15. The summed E-state index contributed by atoms with van der Waals surface area (Å²) in [4.78, 5) is 4.48. The second-order valence-electron chi connectivity index (χ2n) is 5.74. The van der Waals surface area contributed by atoms with Gasteiger partial charge in [-0.05, 0) is 37.6 Å². The molecule has 1 N–H and O–H groups in total. The summed E-state index contributed by atoms with van der Waals surface area (Å²) in [7, 11) is -3.77. The highest BCUT2D eigenvalue weighted by Crippen LogP contribution is 2.25. The molecule has 5 nitrogen and oxygen atoms in total. The number of aryl methyl sites for hydroxylation is 1. The van der Waals surface area contributed by atoms with Crippen LogP contribution in [0.5, 0.6) is 0 Å². The first-order valence-corrected chi connectivity index (χ1v) is 9.53. The number of para-hydroxylation sites is 2. The van der Waals surface area contributed by atoms with E-state index in [2.05, 4.69) is 9.71 Å². The highest BCUT2D eigenvalue weighted by Gasteiger charge is 2.19. The molecule has 0 aliphatic carbocycles. The number of rotatable bonds is 6. The first-order chi connectivity index (χ1) is 12.0. The zero-order valence-electron chi connectivity index (χ0n) is 14.2. The smallest absolute Gasteiger partial charge is 0.264 e. The summed E-state index contributed by atoms with van der Waals surface area (Å²) >= 11 is 0. The minimum atomic E-state index is -3.77. The fourth-order valence-electron chi connectivity index (χ4n) is 2.62. The number of nitrogens with one attached hydrogen (secondary N) is 1. The fourth-order valence-corrected chi connectivity index (χ4v) is 3.90. The third kappa shape index (κ3) is 3.81. The topological polar surface area (TPSA) is 68.3 Å². The number of fused-ring (bicyclic) bond motifs is 1. The minimum absolute atomic E-state index is 0.163. The molecule has 3 rings (SSSR count). The maximum Gasteiger partial charge on any atom is 0.264 e. The van der Waals surface area contributed by atoms with Crippen LogP contribution < -0.4 is 4.72 Å². The van der Waals surface area contributed by atoms with Crippen molar-refractivity contribution in [1.82, 2.24) is 4.98 Å². The number of hydrogen-bond donors (Lipinski definition) is 1. The number of anilines is 1. The summed E-state index contributed by atoms with van der Waals surface area (Å²) in [6.45, 7) is 4.74. The van der Waals surface area contributed by atoms with Gasteiger partial charge in [0.1, 0.15) is 4.90 Å². The predicted octanol–water partition coefficient (Wildman–Crippen LogP) is 3.88.